The van der Waals surface area contributed by atoms with Gasteiger partial charge in [-0.05, 0) is 161 Å². The zero-order chi connectivity index (χ0) is 41.5. The van der Waals surface area contributed by atoms with Gasteiger partial charge in [-0.15, -0.1) is 59.2 Å². The van der Waals surface area contributed by atoms with Gasteiger partial charge in [-0.3, -0.25) is 0 Å². The molecular weight excluding hydrogens is 697 g/mol. The molecule has 0 bridgehead atoms. The van der Waals surface area contributed by atoms with E-state index in [1.165, 1.54) is 33.4 Å². The molecule has 0 amide bonds. The van der Waals surface area contributed by atoms with Crippen molar-refractivity contribution in [1.29, 1.82) is 0 Å². The number of aromatic hydroxyl groups is 3. The zero-order valence-electron chi connectivity index (χ0n) is 33.9. The second kappa shape index (κ2) is 21.3. The summed E-state index contributed by atoms with van der Waals surface area (Å²) in [5.41, 5.74) is 15.5. The highest BCUT2D eigenvalue weighted by Crippen LogP contribution is 2.39. The molecule has 0 saturated carbocycles. The Morgan fingerprint density at radius 3 is 0.614 bits per heavy atom. The maximum absolute atomic E-state index is 11.2. The molecule has 4 rings (SSSR count). The van der Waals surface area contributed by atoms with Crippen molar-refractivity contribution in [3.63, 3.8) is 0 Å². The molecule has 0 aromatic heterocycles. The number of hydrogen-bond donors (Lipinski definition) is 3. The Balaban J connectivity index is 2.18. The number of phenolic OH excluding ortho intramolecular Hbond substituents is 3. The summed E-state index contributed by atoms with van der Waals surface area (Å²) in [6.07, 6.45) is 23.9. The normalized spacial score (nSPS) is 10.7. The summed E-state index contributed by atoms with van der Waals surface area (Å²) in [5, 5.41) is 33.7. The molecule has 0 fully saturated rings. The molecule has 0 spiro atoms. The lowest BCUT2D eigenvalue weighted by molar-refractivity contribution is 0.463. The standard InChI is InChI=1S/C54H60O3/c1-10-19-40-28-37(29-41(20-11-2)52(40)55)34-49-46(25-16-7)50(35-38-30-42(21-12-3)53(56)43(31-38)22-13-4)48(27-18-9)51(47(49)26-17-8)36-39-32-44(23-14-5)54(57)45(33-39)24-15-6/h10-18,28-33,55-57H,1-9,19-27,34-36H2. The maximum atomic E-state index is 11.2. The molecule has 0 aliphatic rings. The molecule has 3 N–H and O–H groups in total. The monoisotopic (exact) mass is 756 g/mol. The van der Waals surface area contributed by atoms with Crippen LogP contribution in [-0.4, -0.2) is 15.3 Å². The SMILES string of the molecule is C=CCc1cc(Cc2c(CC=C)c(Cc3cc(CC=C)c(O)c(CC=C)c3)c(CC=C)c(Cc3cc(CC=C)c(O)c(CC=C)c3)c2CC=C)cc(CC=C)c1O. The molecule has 3 nitrogen and oxygen atoms in total. The number of rotatable bonds is 24. The van der Waals surface area contributed by atoms with E-state index in [1.807, 2.05) is 54.7 Å². The summed E-state index contributed by atoms with van der Waals surface area (Å²) >= 11 is 0. The van der Waals surface area contributed by atoms with Crippen LogP contribution in [0.4, 0.5) is 0 Å². The first kappa shape index (κ1) is 43.7. The van der Waals surface area contributed by atoms with Crippen LogP contribution in [0.1, 0.15) is 83.5 Å². The fourth-order valence-electron chi connectivity index (χ4n) is 8.19. The number of phenols is 3. The van der Waals surface area contributed by atoms with E-state index >= 15 is 0 Å². The predicted octanol–water partition coefficient (Wildman–Crippen LogP) is 12.1. The van der Waals surface area contributed by atoms with Gasteiger partial charge in [-0.2, -0.15) is 0 Å². The zero-order valence-corrected chi connectivity index (χ0v) is 33.9. The summed E-state index contributed by atoms with van der Waals surface area (Å²) in [6, 6.07) is 12.6. The van der Waals surface area contributed by atoms with Crippen LogP contribution < -0.4 is 0 Å². The Morgan fingerprint density at radius 2 is 0.456 bits per heavy atom. The summed E-state index contributed by atoms with van der Waals surface area (Å²) in [4.78, 5) is 0. The molecule has 0 atom stereocenters. The highest BCUT2D eigenvalue weighted by Gasteiger charge is 2.25. The molecule has 0 aliphatic carbocycles. The second-order valence-corrected chi connectivity index (χ2v) is 14.6. The van der Waals surface area contributed by atoms with Gasteiger partial charge in [0.1, 0.15) is 17.2 Å². The quantitative estimate of drug-likeness (QED) is 0.0624. The second-order valence-electron chi connectivity index (χ2n) is 14.6. The van der Waals surface area contributed by atoms with Gasteiger partial charge < -0.3 is 15.3 Å². The van der Waals surface area contributed by atoms with Crippen molar-refractivity contribution in [2.45, 2.75) is 77.0 Å². The van der Waals surface area contributed by atoms with Gasteiger partial charge >= 0.3 is 0 Å². The third kappa shape index (κ3) is 10.4. The average Bonchev–Trinajstić information content (AvgIpc) is 3.18. The highest BCUT2D eigenvalue weighted by atomic mass is 16.3. The highest BCUT2D eigenvalue weighted by molar-refractivity contribution is 5.60. The molecular formula is C54H60O3. The Kier molecular flexibility index (Phi) is 16.3. The van der Waals surface area contributed by atoms with Crippen LogP contribution in [0, 0.1) is 0 Å². The van der Waals surface area contributed by atoms with Crippen molar-refractivity contribution in [2.24, 2.45) is 0 Å². The van der Waals surface area contributed by atoms with E-state index in [0.717, 1.165) is 50.1 Å². The molecule has 0 aliphatic heterocycles. The predicted molar refractivity (Wildman–Crippen MR) is 244 cm³/mol. The van der Waals surface area contributed by atoms with Gasteiger partial charge in [-0.25, -0.2) is 0 Å². The van der Waals surface area contributed by atoms with Crippen molar-refractivity contribution in [2.75, 3.05) is 0 Å². The largest absolute Gasteiger partial charge is 0.507 e. The third-order valence-electron chi connectivity index (χ3n) is 10.5. The molecule has 57 heavy (non-hydrogen) atoms. The molecule has 0 unspecified atom stereocenters. The van der Waals surface area contributed by atoms with Gasteiger partial charge in [0.15, 0.2) is 0 Å². The number of hydrogen-bond acceptors (Lipinski definition) is 3. The number of allylic oxidation sites excluding steroid dienone is 9. The van der Waals surface area contributed by atoms with E-state index in [-0.39, 0.29) is 17.2 Å². The van der Waals surface area contributed by atoms with Gasteiger partial charge in [0.05, 0.1) is 0 Å². The van der Waals surface area contributed by atoms with Crippen LogP contribution in [0.3, 0.4) is 0 Å². The van der Waals surface area contributed by atoms with Crippen LogP contribution in [-0.2, 0) is 77.0 Å². The molecule has 0 saturated heterocycles. The van der Waals surface area contributed by atoms with Crippen molar-refractivity contribution >= 4 is 0 Å². The van der Waals surface area contributed by atoms with Gasteiger partial charge in [0.2, 0.25) is 0 Å². The average molecular weight is 757 g/mol. The minimum Gasteiger partial charge on any atom is -0.507 e. The third-order valence-corrected chi connectivity index (χ3v) is 10.5. The summed E-state index contributed by atoms with van der Waals surface area (Å²) in [6.45, 7) is 36.5. The minimum absolute atomic E-state index is 0.287. The lowest BCUT2D eigenvalue weighted by Crippen LogP contribution is -2.15. The summed E-state index contributed by atoms with van der Waals surface area (Å²) in [5.74, 6) is 0.861. The number of benzene rings is 4. The van der Waals surface area contributed by atoms with E-state index in [2.05, 4.69) is 95.6 Å². The fourth-order valence-corrected chi connectivity index (χ4v) is 8.19. The molecule has 0 heterocycles. The van der Waals surface area contributed by atoms with Crippen LogP contribution in [0.15, 0.2) is 150 Å². The molecule has 3 heteroatoms. The molecule has 4 aromatic rings. The van der Waals surface area contributed by atoms with Gasteiger partial charge in [0, 0.05) is 0 Å². The van der Waals surface area contributed by atoms with Crippen LogP contribution in [0.25, 0.3) is 0 Å². The van der Waals surface area contributed by atoms with E-state index in [1.54, 1.807) is 0 Å². The van der Waals surface area contributed by atoms with Crippen molar-refractivity contribution in [1.82, 2.24) is 0 Å². The van der Waals surface area contributed by atoms with Gasteiger partial charge in [-0.1, -0.05) is 91.1 Å². The van der Waals surface area contributed by atoms with E-state index in [4.69, 9.17) is 0 Å². The summed E-state index contributed by atoms with van der Waals surface area (Å²) < 4.78 is 0. The Morgan fingerprint density at radius 1 is 0.281 bits per heavy atom. The topological polar surface area (TPSA) is 60.7 Å². The maximum Gasteiger partial charge on any atom is 0.122 e. The molecule has 4 aromatic carbocycles. The van der Waals surface area contributed by atoms with E-state index in [9.17, 15) is 15.3 Å². The van der Waals surface area contributed by atoms with E-state index in [0.29, 0.717) is 77.0 Å². The fraction of sp³-hybridized carbons (Fsp3) is 0.222. The van der Waals surface area contributed by atoms with Crippen LogP contribution >= 0.6 is 0 Å². The van der Waals surface area contributed by atoms with Gasteiger partial charge in [0.25, 0.3) is 0 Å². The summed E-state index contributed by atoms with van der Waals surface area (Å²) in [7, 11) is 0. The molecule has 0 radical (unpaired) electrons. The lowest BCUT2D eigenvalue weighted by Gasteiger charge is -2.28. The smallest absolute Gasteiger partial charge is 0.122 e. The first-order valence-electron chi connectivity index (χ1n) is 19.8. The van der Waals surface area contributed by atoms with Crippen molar-refractivity contribution < 1.29 is 15.3 Å². The van der Waals surface area contributed by atoms with Crippen LogP contribution in [0.2, 0.25) is 0 Å². The van der Waals surface area contributed by atoms with Crippen LogP contribution in [0.5, 0.6) is 17.2 Å². The van der Waals surface area contributed by atoms with E-state index < -0.39 is 0 Å². The lowest BCUT2D eigenvalue weighted by atomic mass is 9.77. The Bertz CT molecular complexity index is 1830. The van der Waals surface area contributed by atoms with Crippen molar-refractivity contribution in [3.8, 4) is 17.2 Å². The Labute approximate surface area is 342 Å². The molecule has 294 valence electrons. The Hall–Kier alpha value is -6.06. The first-order chi connectivity index (χ1) is 27.6. The van der Waals surface area contributed by atoms with Crippen molar-refractivity contribution in [3.05, 3.63) is 234 Å². The first-order valence-corrected chi connectivity index (χ1v) is 19.8. The minimum atomic E-state index is 0.287.